The van der Waals surface area contributed by atoms with Crippen LogP contribution in [0.4, 0.5) is 21.8 Å². The Bertz CT molecular complexity index is 794. The number of hydrogen-bond donors (Lipinski definition) is 2. The second-order valence-electron chi connectivity index (χ2n) is 4.74. The Labute approximate surface area is 141 Å². The van der Waals surface area contributed by atoms with Crippen molar-refractivity contribution in [2.75, 3.05) is 10.6 Å². The van der Waals surface area contributed by atoms with E-state index in [1.807, 2.05) is 24.3 Å². The van der Waals surface area contributed by atoms with Crippen LogP contribution in [0.1, 0.15) is 5.56 Å². The highest BCUT2D eigenvalue weighted by atomic mass is 79.9. The van der Waals surface area contributed by atoms with Crippen LogP contribution < -0.4 is 10.6 Å². The normalized spacial score (nSPS) is 10.3. The van der Waals surface area contributed by atoms with Gasteiger partial charge in [0.25, 0.3) is 0 Å². The van der Waals surface area contributed by atoms with Gasteiger partial charge in [-0.2, -0.15) is 10.1 Å². The minimum atomic E-state index is -0.254. The first kappa shape index (κ1) is 15.4. The maximum absolute atomic E-state index is 13.6. The van der Waals surface area contributed by atoms with Gasteiger partial charge in [-0.3, -0.25) is 0 Å². The van der Waals surface area contributed by atoms with Crippen molar-refractivity contribution in [2.45, 2.75) is 6.54 Å². The van der Waals surface area contributed by atoms with Gasteiger partial charge in [-0.15, -0.1) is 5.10 Å². The summed E-state index contributed by atoms with van der Waals surface area (Å²) in [5.41, 5.74) is 1.41. The van der Waals surface area contributed by atoms with Gasteiger partial charge in [0.2, 0.25) is 5.95 Å². The fourth-order valence-electron chi connectivity index (χ4n) is 1.93. The van der Waals surface area contributed by atoms with Crippen LogP contribution in [-0.2, 0) is 6.54 Å². The second kappa shape index (κ2) is 7.15. The Kier molecular flexibility index (Phi) is 4.77. The monoisotopic (exact) mass is 373 g/mol. The summed E-state index contributed by atoms with van der Waals surface area (Å²) in [7, 11) is 0. The summed E-state index contributed by atoms with van der Waals surface area (Å²) in [6.07, 6.45) is 1.49. The molecule has 0 aliphatic heterocycles. The molecule has 5 nitrogen and oxygen atoms in total. The van der Waals surface area contributed by atoms with Gasteiger partial charge in [-0.25, -0.2) is 4.39 Å². The lowest BCUT2D eigenvalue weighted by Crippen LogP contribution is -2.06. The van der Waals surface area contributed by atoms with E-state index in [2.05, 4.69) is 41.7 Å². The Morgan fingerprint density at radius 1 is 1.04 bits per heavy atom. The zero-order valence-corrected chi connectivity index (χ0v) is 13.6. The molecule has 23 heavy (non-hydrogen) atoms. The lowest BCUT2D eigenvalue weighted by atomic mass is 10.2. The molecule has 3 rings (SSSR count). The van der Waals surface area contributed by atoms with Crippen molar-refractivity contribution >= 4 is 33.4 Å². The first-order valence-corrected chi connectivity index (χ1v) is 7.69. The van der Waals surface area contributed by atoms with Crippen molar-refractivity contribution < 1.29 is 4.39 Å². The summed E-state index contributed by atoms with van der Waals surface area (Å²) >= 11 is 3.38. The smallest absolute Gasteiger partial charge is 0.249 e. The van der Waals surface area contributed by atoms with Gasteiger partial charge in [0.15, 0.2) is 5.82 Å². The van der Waals surface area contributed by atoms with Crippen LogP contribution in [0.5, 0.6) is 0 Å². The number of benzene rings is 2. The molecule has 0 unspecified atom stereocenters. The van der Waals surface area contributed by atoms with Gasteiger partial charge in [-0.05, 0) is 30.3 Å². The van der Waals surface area contributed by atoms with Crippen LogP contribution in [0.3, 0.4) is 0 Å². The molecule has 0 saturated carbocycles. The number of anilines is 3. The fourth-order valence-corrected chi connectivity index (χ4v) is 2.20. The third kappa shape index (κ3) is 4.23. The lowest BCUT2D eigenvalue weighted by Gasteiger charge is -2.08. The highest BCUT2D eigenvalue weighted by Gasteiger charge is 2.04. The molecule has 0 aliphatic carbocycles. The van der Waals surface area contributed by atoms with E-state index in [0.29, 0.717) is 23.9 Å². The molecule has 3 aromatic rings. The zero-order chi connectivity index (χ0) is 16.1. The molecule has 0 spiro atoms. The van der Waals surface area contributed by atoms with Gasteiger partial charge in [0.1, 0.15) is 5.82 Å². The van der Waals surface area contributed by atoms with E-state index >= 15 is 0 Å². The number of nitrogens with one attached hydrogen (secondary N) is 2. The SMILES string of the molecule is Fc1ccccc1CNc1cnnc(Nc2ccc(Br)cc2)n1. The average Bonchev–Trinajstić information content (AvgIpc) is 2.57. The predicted octanol–water partition coefficient (Wildman–Crippen LogP) is 4.13. The molecule has 0 aliphatic rings. The summed E-state index contributed by atoms with van der Waals surface area (Å²) in [5.74, 6) is 0.629. The van der Waals surface area contributed by atoms with Crippen LogP contribution in [0.25, 0.3) is 0 Å². The number of rotatable bonds is 5. The molecule has 0 radical (unpaired) electrons. The highest BCUT2D eigenvalue weighted by molar-refractivity contribution is 9.10. The maximum atomic E-state index is 13.6. The number of nitrogens with zero attached hydrogens (tertiary/aromatic N) is 3. The second-order valence-corrected chi connectivity index (χ2v) is 5.66. The van der Waals surface area contributed by atoms with E-state index in [4.69, 9.17) is 0 Å². The van der Waals surface area contributed by atoms with Crippen LogP contribution >= 0.6 is 15.9 Å². The molecule has 0 saturated heterocycles. The first-order valence-electron chi connectivity index (χ1n) is 6.90. The van der Waals surface area contributed by atoms with Crippen LogP contribution in [-0.4, -0.2) is 15.2 Å². The minimum absolute atomic E-state index is 0.254. The molecule has 116 valence electrons. The summed E-state index contributed by atoms with van der Waals surface area (Å²) < 4.78 is 14.6. The van der Waals surface area contributed by atoms with E-state index < -0.39 is 0 Å². The van der Waals surface area contributed by atoms with Crippen molar-refractivity contribution in [3.05, 3.63) is 70.6 Å². The Morgan fingerprint density at radius 3 is 2.61 bits per heavy atom. The van der Waals surface area contributed by atoms with Gasteiger partial charge in [-0.1, -0.05) is 34.1 Å². The fraction of sp³-hybridized carbons (Fsp3) is 0.0625. The van der Waals surface area contributed by atoms with Crippen LogP contribution in [0, 0.1) is 5.82 Å². The third-order valence-electron chi connectivity index (χ3n) is 3.08. The molecule has 2 N–H and O–H groups in total. The standard InChI is InChI=1S/C16H13BrFN5/c17-12-5-7-13(8-6-12)21-16-22-15(10-20-23-16)19-9-11-3-1-2-4-14(11)18/h1-8,10H,9H2,(H2,19,21,22,23). The summed E-state index contributed by atoms with van der Waals surface area (Å²) in [5, 5.41) is 13.9. The van der Waals surface area contributed by atoms with Crippen molar-refractivity contribution in [1.29, 1.82) is 0 Å². The van der Waals surface area contributed by atoms with Crippen molar-refractivity contribution in [1.82, 2.24) is 15.2 Å². The van der Waals surface area contributed by atoms with E-state index in [9.17, 15) is 4.39 Å². The quantitative estimate of drug-likeness (QED) is 0.703. The summed E-state index contributed by atoms with van der Waals surface area (Å²) in [4.78, 5) is 4.31. The van der Waals surface area contributed by atoms with Crippen molar-refractivity contribution in [3.63, 3.8) is 0 Å². The van der Waals surface area contributed by atoms with Gasteiger partial charge in [0.05, 0.1) is 6.20 Å². The molecule has 1 heterocycles. The predicted molar refractivity (Wildman–Crippen MR) is 91.0 cm³/mol. The van der Waals surface area contributed by atoms with E-state index in [-0.39, 0.29) is 5.82 Å². The van der Waals surface area contributed by atoms with Crippen molar-refractivity contribution in [3.8, 4) is 0 Å². The van der Waals surface area contributed by atoms with Gasteiger partial charge < -0.3 is 10.6 Å². The molecule has 1 aromatic heterocycles. The molecular weight excluding hydrogens is 361 g/mol. The van der Waals surface area contributed by atoms with E-state index in [0.717, 1.165) is 10.2 Å². The Balaban J connectivity index is 1.67. The number of aromatic nitrogens is 3. The van der Waals surface area contributed by atoms with Crippen LogP contribution in [0.2, 0.25) is 0 Å². The lowest BCUT2D eigenvalue weighted by molar-refractivity contribution is 0.613. The maximum Gasteiger partial charge on any atom is 0.249 e. The van der Waals surface area contributed by atoms with Gasteiger partial charge in [0, 0.05) is 22.3 Å². The topological polar surface area (TPSA) is 62.7 Å². The highest BCUT2D eigenvalue weighted by Crippen LogP contribution is 2.17. The molecule has 0 bridgehead atoms. The summed E-state index contributed by atoms with van der Waals surface area (Å²) in [6.45, 7) is 0.323. The Hall–Kier alpha value is -2.54. The molecule has 0 fully saturated rings. The van der Waals surface area contributed by atoms with E-state index in [1.165, 1.54) is 12.3 Å². The molecule has 0 atom stereocenters. The first-order chi connectivity index (χ1) is 11.2. The molecular formula is C16H13BrFN5. The van der Waals surface area contributed by atoms with Gasteiger partial charge >= 0.3 is 0 Å². The molecule has 7 heteroatoms. The molecule has 2 aromatic carbocycles. The largest absolute Gasteiger partial charge is 0.364 e. The van der Waals surface area contributed by atoms with Crippen LogP contribution in [0.15, 0.2) is 59.2 Å². The molecule has 0 amide bonds. The summed E-state index contributed by atoms with van der Waals surface area (Å²) in [6, 6.07) is 14.2. The average molecular weight is 374 g/mol. The number of halogens is 2. The minimum Gasteiger partial charge on any atom is -0.364 e. The number of hydrogen-bond acceptors (Lipinski definition) is 5. The Morgan fingerprint density at radius 2 is 1.83 bits per heavy atom. The van der Waals surface area contributed by atoms with E-state index in [1.54, 1.807) is 18.2 Å². The zero-order valence-electron chi connectivity index (χ0n) is 12.0. The third-order valence-corrected chi connectivity index (χ3v) is 3.61. The van der Waals surface area contributed by atoms with Crippen molar-refractivity contribution in [2.24, 2.45) is 0 Å².